The molecule has 9 heteroatoms. The molecule has 32 heavy (non-hydrogen) atoms. The summed E-state index contributed by atoms with van der Waals surface area (Å²) in [5, 5.41) is 12.7. The highest BCUT2D eigenvalue weighted by Gasteiger charge is 2.34. The van der Waals surface area contributed by atoms with Gasteiger partial charge in [-0.3, -0.25) is 4.79 Å². The summed E-state index contributed by atoms with van der Waals surface area (Å²) in [5.74, 6) is 0.451. The second kappa shape index (κ2) is 9.97. The van der Waals surface area contributed by atoms with Gasteiger partial charge in [0.15, 0.2) is 0 Å². The molecule has 0 bridgehead atoms. The second-order valence-electron chi connectivity index (χ2n) is 8.46. The summed E-state index contributed by atoms with van der Waals surface area (Å²) >= 11 is 0. The predicted octanol–water partition coefficient (Wildman–Crippen LogP) is 2.69. The van der Waals surface area contributed by atoms with E-state index in [1.165, 1.54) is 22.6 Å². The van der Waals surface area contributed by atoms with Gasteiger partial charge < -0.3 is 15.2 Å². The van der Waals surface area contributed by atoms with Crippen LogP contribution in [0.15, 0.2) is 53.6 Å². The fourth-order valence-corrected chi connectivity index (χ4v) is 5.72. The van der Waals surface area contributed by atoms with E-state index in [1.807, 2.05) is 18.2 Å². The number of hydrogen-bond donors (Lipinski definition) is 2. The van der Waals surface area contributed by atoms with Crippen molar-refractivity contribution < 1.29 is 23.1 Å². The zero-order valence-corrected chi connectivity index (χ0v) is 18.7. The van der Waals surface area contributed by atoms with E-state index in [0.29, 0.717) is 43.9 Å². The van der Waals surface area contributed by atoms with Crippen LogP contribution < -0.4 is 10.1 Å². The maximum atomic E-state index is 13.1. The third kappa shape index (κ3) is 5.46. The number of aliphatic hydroxyl groups excluding tert-OH is 1. The Balaban J connectivity index is 1.38. The molecule has 1 aliphatic heterocycles. The summed E-state index contributed by atoms with van der Waals surface area (Å²) in [5.41, 5.74) is 0. The van der Waals surface area contributed by atoms with E-state index >= 15 is 0 Å². The Morgan fingerprint density at radius 2 is 1.81 bits per heavy atom. The smallest absolute Gasteiger partial charge is 0.244 e. The molecule has 2 heterocycles. The SMILES string of the molecule is O=C(NC1CCC(O)CC1)[C@H]1CCCN(S(=O)(=O)c2ccc(Oc3ccccc3)nc2)C1. The zero-order chi connectivity index (χ0) is 22.6. The molecule has 4 rings (SSSR count). The Morgan fingerprint density at radius 1 is 1.06 bits per heavy atom. The van der Waals surface area contributed by atoms with E-state index in [-0.39, 0.29) is 35.4 Å². The number of carbonyl (C=O) groups excluding carboxylic acids is 1. The van der Waals surface area contributed by atoms with Gasteiger partial charge in [0, 0.05) is 25.2 Å². The number of benzene rings is 1. The number of aromatic nitrogens is 1. The van der Waals surface area contributed by atoms with Gasteiger partial charge in [-0.15, -0.1) is 0 Å². The third-order valence-electron chi connectivity index (χ3n) is 6.11. The predicted molar refractivity (Wildman–Crippen MR) is 119 cm³/mol. The minimum Gasteiger partial charge on any atom is -0.439 e. The molecule has 2 aliphatic rings. The fourth-order valence-electron chi connectivity index (χ4n) is 4.25. The van der Waals surface area contributed by atoms with Crippen molar-refractivity contribution in [3.8, 4) is 11.6 Å². The molecule has 1 saturated heterocycles. The highest BCUT2D eigenvalue weighted by Crippen LogP contribution is 2.26. The van der Waals surface area contributed by atoms with Crippen molar-refractivity contribution in [1.82, 2.24) is 14.6 Å². The average Bonchev–Trinajstić information content (AvgIpc) is 2.82. The normalized spacial score (nSPS) is 24.6. The van der Waals surface area contributed by atoms with Crippen LogP contribution in [0.2, 0.25) is 0 Å². The lowest BCUT2D eigenvalue weighted by molar-refractivity contribution is -0.127. The number of amides is 1. The maximum absolute atomic E-state index is 13.1. The van der Waals surface area contributed by atoms with Gasteiger partial charge in [-0.25, -0.2) is 13.4 Å². The number of rotatable bonds is 6. The fraction of sp³-hybridized carbons (Fsp3) is 0.478. The average molecular weight is 460 g/mol. The first-order valence-corrected chi connectivity index (χ1v) is 12.5. The number of nitrogens with one attached hydrogen (secondary N) is 1. The molecule has 0 unspecified atom stereocenters. The summed E-state index contributed by atoms with van der Waals surface area (Å²) in [4.78, 5) is 17.0. The van der Waals surface area contributed by atoms with E-state index in [4.69, 9.17) is 4.74 Å². The zero-order valence-electron chi connectivity index (χ0n) is 17.9. The highest BCUT2D eigenvalue weighted by atomic mass is 32.2. The van der Waals surface area contributed by atoms with Crippen molar-refractivity contribution in [2.75, 3.05) is 13.1 Å². The number of para-hydroxylation sites is 1. The summed E-state index contributed by atoms with van der Waals surface area (Å²) in [7, 11) is -3.76. The standard InChI is InChI=1S/C23H29N3O5S/c27-19-10-8-18(9-11-19)25-23(28)17-5-4-14-26(16-17)32(29,30)21-12-13-22(24-15-21)31-20-6-2-1-3-7-20/h1-3,6-7,12-13,15,17-19,27H,4-5,8-11,14,16H2,(H,25,28)/t17-,18?,19?/m0/s1. The number of pyridine rings is 1. The number of nitrogens with zero attached hydrogens (tertiary/aromatic N) is 2. The Labute approximate surface area is 188 Å². The summed E-state index contributed by atoms with van der Waals surface area (Å²) in [6, 6.07) is 12.2. The van der Waals surface area contributed by atoms with E-state index in [2.05, 4.69) is 10.3 Å². The van der Waals surface area contributed by atoms with Crippen LogP contribution in [0.5, 0.6) is 11.6 Å². The topological polar surface area (TPSA) is 109 Å². The summed E-state index contributed by atoms with van der Waals surface area (Å²) < 4.78 is 33.3. The lowest BCUT2D eigenvalue weighted by atomic mass is 9.92. The first-order valence-electron chi connectivity index (χ1n) is 11.1. The molecule has 8 nitrogen and oxygen atoms in total. The van der Waals surface area contributed by atoms with Gasteiger partial charge in [-0.2, -0.15) is 4.31 Å². The molecule has 0 spiro atoms. The molecule has 1 aromatic heterocycles. The molecule has 1 aliphatic carbocycles. The number of carbonyl (C=O) groups is 1. The number of hydrogen-bond acceptors (Lipinski definition) is 6. The minimum atomic E-state index is -3.76. The Bertz CT molecular complexity index is 1010. The molecular weight excluding hydrogens is 430 g/mol. The van der Waals surface area contributed by atoms with Crippen LogP contribution in [0.25, 0.3) is 0 Å². The Morgan fingerprint density at radius 3 is 2.50 bits per heavy atom. The Kier molecular flexibility index (Phi) is 7.07. The number of ether oxygens (including phenoxy) is 1. The molecule has 2 aromatic rings. The van der Waals surface area contributed by atoms with E-state index in [9.17, 15) is 18.3 Å². The molecule has 0 radical (unpaired) electrons. The number of piperidine rings is 1. The van der Waals surface area contributed by atoms with Crippen LogP contribution in [0.4, 0.5) is 0 Å². The van der Waals surface area contributed by atoms with Crippen molar-refractivity contribution in [2.24, 2.45) is 5.92 Å². The van der Waals surface area contributed by atoms with E-state index in [0.717, 1.165) is 12.8 Å². The summed E-state index contributed by atoms with van der Waals surface area (Å²) in [6.07, 6.45) is 5.19. The third-order valence-corrected chi connectivity index (χ3v) is 7.96. The largest absolute Gasteiger partial charge is 0.439 e. The first kappa shape index (κ1) is 22.7. The molecule has 1 atom stereocenters. The van der Waals surface area contributed by atoms with Crippen LogP contribution >= 0.6 is 0 Å². The van der Waals surface area contributed by atoms with Gasteiger partial charge in [-0.1, -0.05) is 18.2 Å². The van der Waals surface area contributed by atoms with Crippen molar-refractivity contribution in [1.29, 1.82) is 0 Å². The maximum Gasteiger partial charge on any atom is 0.244 e. The molecule has 1 aromatic carbocycles. The van der Waals surface area contributed by atoms with E-state index in [1.54, 1.807) is 12.1 Å². The van der Waals surface area contributed by atoms with Gasteiger partial charge >= 0.3 is 0 Å². The van der Waals surface area contributed by atoms with Crippen LogP contribution in [-0.2, 0) is 14.8 Å². The van der Waals surface area contributed by atoms with Crippen molar-refractivity contribution >= 4 is 15.9 Å². The monoisotopic (exact) mass is 459 g/mol. The van der Waals surface area contributed by atoms with E-state index < -0.39 is 10.0 Å². The van der Waals surface area contributed by atoms with Gasteiger partial charge in [0.2, 0.25) is 21.8 Å². The van der Waals surface area contributed by atoms with Crippen LogP contribution in [0.3, 0.4) is 0 Å². The van der Waals surface area contributed by atoms with Gasteiger partial charge in [0.25, 0.3) is 0 Å². The number of aliphatic hydroxyl groups is 1. The molecular formula is C23H29N3O5S. The Hall–Kier alpha value is -2.49. The quantitative estimate of drug-likeness (QED) is 0.688. The van der Waals surface area contributed by atoms with Crippen LogP contribution in [0.1, 0.15) is 38.5 Å². The van der Waals surface area contributed by atoms with Crippen molar-refractivity contribution in [2.45, 2.75) is 55.6 Å². The summed E-state index contributed by atoms with van der Waals surface area (Å²) in [6.45, 7) is 0.537. The lowest BCUT2D eigenvalue weighted by Gasteiger charge is -2.33. The lowest BCUT2D eigenvalue weighted by Crippen LogP contribution is -2.48. The van der Waals surface area contributed by atoms with Crippen LogP contribution in [0, 0.1) is 5.92 Å². The molecule has 2 N–H and O–H groups in total. The van der Waals surface area contributed by atoms with Gasteiger partial charge in [-0.05, 0) is 56.7 Å². The molecule has 1 amide bonds. The van der Waals surface area contributed by atoms with Crippen molar-refractivity contribution in [3.05, 3.63) is 48.7 Å². The highest BCUT2D eigenvalue weighted by molar-refractivity contribution is 7.89. The number of sulfonamides is 1. The second-order valence-corrected chi connectivity index (χ2v) is 10.4. The minimum absolute atomic E-state index is 0.0549. The first-order chi connectivity index (χ1) is 15.4. The molecule has 2 fully saturated rings. The van der Waals surface area contributed by atoms with Crippen molar-refractivity contribution in [3.63, 3.8) is 0 Å². The molecule has 1 saturated carbocycles. The van der Waals surface area contributed by atoms with Gasteiger partial charge in [0.05, 0.1) is 18.2 Å². The van der Waals surface area contributed by atoms with Gasteiger partial charge in [0.1, 0.15) is 10.6 Å². The van der Waals surface area contributed by atoms with Crippen LogP contribution in [-0.4, -0.2) is 54.0 Å². The molecule has 172 valence electrons.